The lowest BCUT2D eigenvalue weighted by molar-refractivity contribution is -0.138. The van der Waals surface area contributed by atoms with Crippen LogP contribution in [0.4, 0.5) is 0 Å². The number of carboxylic acid groups (broad SMARTS) is 1. The van der Waals surface area contributed by atoms with Gasteiger partial charge in [-0.15, -0.1) is 0 Å². The number of hydrogen-bond acceptors (Lipinski definition) is 5. The summed E-state index contributed by atoms with van der Waals surface area (Å²) in [6, 6.07) is 9.98. The number of aromatic amines is 1. The van der Waals surface area contributed by atoms with Crippen molar-refractivity contribution in [1.82, 2.24) is 20.3 Å². The summed E-state index contributed by atoms with van der Waals surface area (Å²) in [4.78, 5) is 35.2. The number of H-pyrrole nitrogens is 1. The number of aliphatic carboxylic acids is 1. The summed E-state index contributed by atoms with van der Waals surface area (Å²) in [6.07, 6.45) is 2.64. The molecule has 0 aliphatic carbocycles. The molecular weight excluding hydrogens is 358 g/mol. The zero-order valence-corrected chi connectivity index (χ0v) is 15.0. The molecule has 1 aliphatic rings. The third-order valence-electron chi connectivity index (χ3n) is 4.69. The van der Waals surface area contributed by atoms with Gasteiger partial charge in [-0.3, -0.25) is 9.59 Å². The van der Waals surface area contributed by atoms with Crippen LogP contribution in [0.25, 0.3) is 22.8 Å². The Morgan fingerprint density at radius 2 is 2.14 bits per heavy atom. The van der Waals surface area contributed by atoms with E-state index in [-0.39, 0.29) is 12.3 Å². The van der Waals surface area contributed by atoms with Gasteiger partial charge in [-0.05, 0) is 30.2 Å². The number of nitrogens with two attached hydrogens (primary N) is 1. The molecule has 3 heterocycles. The lowest BCUT2D eigenvalue weighted by atomic mass is 10.0. The van der Waals surface area contributed by atoms with E-state index in [1.54, 1.807) is 18.3 Å². The smallest absolute Gasteiger partial charge is 0.320 e. The molecule has 1 amide bonds. The summed E-state index contributed by atoms with van der Waals surface area (Å²) in [5.74, 6) is -0.607. The Labute approximate surface area is 160 Å². The molecule has 0 saturated carbocycles. The Hall–Kier alpha value is -3.52. The first kappa shape index (κ1) is 17.9. The minimum Gasteiger partial charge on any atom is -0.480 e. The van der Waals surface area contributed by atoms with Gasteiger partial charge in [0, 0.05) is 30.4 Å². The molecule has 0 saturated heterocycles. The van der Waals surface area contributed by atoms with Crippen molar-refractivity contribution in [1.29, 1.82) is 0 Å². The third kappa shape index (κ3) is 3.49. The van der Waals surface area contributed by atoms with Crippen LogP contribution in [0.1, 0.15) is 21.6 Å². The maximum absolute atomic E-state index is 12.0. The number of nitrogens with zero attached hydrogens (tertiary/aromatic N) is 2. The average Bonchev–Trinajstić information content (AvgIpc) is 3.14. The lowest BCUT2D eigenvalue weighted by Crippen LogP contribution is -2.32. The Morgan fingerprint density at radius 1 is 1.29 bits per heavy atom. The number of hydrogen-bond donors (Lipinski definition) is 4. The van der Waals surface area contributed by atoms with E-state index in [4.69, 9.17) is 10.8 Å². The fourth-order valence-corrected chi connectivity index (χ4v) is 3.26. The van der Waals surface area contributed by atoms with Crippen LogP contribution in [-0.4, -0.2) is 44.5 Å². The van der Waals surface area contributed by atoms with Crippen LogP contribution in [0, 0.1) is 0 Å². The molecule has 0 radical (unpaired) electrons. The number of carbonyl (C=O) groups is 2. The second-order valence-corrected chi connectivity index (χ2v) is 6.70. The lowest BCUT2D eigenvalue weighted by Gasteiger charge is -2.10. The van der Waals surface area contributed by atoms with Gasteiger partial charge in [-0.25, -0.2) is 9.97 Å². The summed E-state index contributed by atoms with van der Waals surface area (Å²) in [6.45, 7) is 0.617. The van der Waals surface area contributed by atoms with Gasteiger partial charge in [-0.2, -0.15) is 0 Å². The SMILES string of the molecule is N[C@@H](Cc1cccc(-c2nccc(-c3cc4c([nH]3)CCNC4=O)n2)c1)C(=O)O. The van der Waals surface area contributed by atoms with Gasteiger partial charge in [0.05, 0.1) is 17.0 Å². The highest BCUT2D eigenvalue weighted by Gasteiger charge is 2.20. The number of carboxylic acids is 1. The zero-order chi connectivity index (χ0) is 19.7. The highest BCUT2D eigenvalue weighted by atomic mass is 16.4. The first-order valence-corrected chi connectivity index (χ1v) is 8.92. The van der Waals surface area contributed by atoms with Crippen LogP contribution >= 0.6 is 0 Å². The highest BCUT2D eigenvalue weighted by Crippen LogP contribution is 2.25. The third-order valence-corrected chi connectivity index (χ3v) is 4.69. The molecule has 3 aromatic rings. The zero-order valence-electron chi connectivity index (χ0n) is 15.0. The summed E-state index contributed by atoms with van der Waals surface area (Å²) in [7, 11) is 0. The van der Waals surface area contributed by atoms with Gasteiger partial charge in [0.1, 0.15) is 6.04 Å². The van der Waals surface area contributed by atoms with Crippen molar-refractivity contribution >= 4 is 11.9 Å². The molecule has 2 aromatic heterocycles. The van der Waals surface area contributed by atoms with Crippen LogP contribution in [0.5, 0.6) is 0 Å². The summed E-state index contributed by atoms with van der Waals surface area (Å²) >= 11 is 0. The normalized spacial score (nSPS) is 14.2. The minimum atomic E-state index is -1.04. The number of carbonyl (C=O) groups excluding carboxylic acids is 1. The van der Waals surface area contributed by atoms with E-state index >= 15 is 0 Å². The summed E-state index contributed by atoms with van der Waals surface area (Å²) in [5.41, 5.74) is 10.2. The van der Waals surface area contributed by atoms with E-state index in [1.807, 2.05) is 24.3 Å². The van der Waals surface area contributed by atoms with E-state index < -0.39 is 12.0 Å². The van der Waals surface area contributed by atoms with Gasteiger partial charge >= 0.3 is 5.97 Å². The van der Waals surface area contributed by atoms with Crippen molar-refractivity contribution in [2.45, 2.75) is 18.9 Å². The maximum Gasteiger partial charge on any atom is 0.320 e. The van der Waals surface area contributed by atoms with Crippen LogP contribution in [-0.2, 0) is 17.6 Å². The van der Waals surface area contributed by atoms with E-state index in [2.05, 4.69) is 20.3 Å². The van der Waals surface area contributed by atoms with Crippen LogP contribution < -0.4 is 11.1 Å². The topological polar surface area (TPSA) is 134 Å². The Balaban J connectivity index is 1.65. The standard InChI is InChI=1S/C20H19N5O3/c21-14(20(27)28)9-11-2-1-3-12(8-11)18-22-6-5-16(25-18)17-10-13-15(24-17)4-7-23-19(13)26/h1-3,5-6,8,10,14,24H,4,7,9,21H2,(H,23,26)(H,27,28)/t14-/m0/s1. The Bertz CT molecular complexity index is 1060. The van der Waals surface area contributed by atoms with E-state index in [0.717, 1.165) is 28.9 Å². The molecule has 5 N–H and O–H groups in total. The van der Waals surface area contributed by atoms with Crippen molar-refractivity contribution in [3.05, 3.63) is 59.4 Å². The minimum absolute atomic E-state index is 0.0829. The molecular formula is C20H19N5O3. The molecule has 8 nitrogen and oxygen atoms in total. The number of nitrogens with one attached hydrogen (secondary N) is 2. The van der Waals surface area contributed by atoms with Gasteiger partial charge < -0.3 is 21.1 Å². The van der Waals surface area contributed by atoms with Crippen LogP contribution in [0.15, 0.2) is 42.6 Å². The molecule has 1 aromatic carbocycles. The largest absolute Gasteiger partial charge is 0.480 e. The van der Waals surface area contributed by atoms with Crippen LogP contribution in [0.3, 0.4) is 0 Å². The van der Waals surface area contributed by atoms with Gasteiger partial charge in [0.25, 0.3) is 5.91 Å². The maximum atomic E-state index is 12.0. The molecule has 0 unspecified atom stereocenters. The van der Waals surface area contributed by atoms with E-state index in [0.29, 0.717) is 23.6 Å². The molecule has 28 heavy (non-hydrogen) atoms. The van der Waals surface area contributed by atoms with Gasteiger partial charge in [0.15, 0.2) is 5.82 Å². The van der Waals surface area contributed by atoms with Crippen molar-refractivity contribution in [3.8, 4) is 22.8 Å². The molecule has 1 atom stereocenters. The number of fused-ring (bicyclic) bond motifs is 1. The van der Waals surface area contributed by atoms with Crippen molar-refractivity contribution < 1.29 is 14.7 Å². The number of rotatable bonds is 5. The quantitative estimate of drug-likeness (QED) is 0.531. The van der Waals surface area contributed by atoms with Crippen LogP contribution in [0.2, 0.25) is 0 Å². The monoisotopic (exact) mass is 377 g/mol. The highest BCUT2D eigenvalue weighted by molar-refractivity contribution is 5.97. The van der Waals surface area contributed by atoms with Gasteiger partial charge in [-0.1, -0.05) is 18.2 Å². The Kier molecular flexibility index (Phi) is 4.62. The number of amides is 1. The predicted molar refractivity (Wildman–Crippen MR) is 103 cm³/mol. The summed E-state index contributed by atoms with van der Waals surface area (Å²) in [5, 5.41) is 11.8. The Morgan fingerprint density at radius 3 is 2.93 bits per heavy atom. The predicted octanol–water partition coefficient (Wildman–Crippen LogP) is 1.38. The van der Waals surface area contributed by atoms with Crippen molar-refractivity contribution in [3.63, 3.8) is 0 Å². The number of aromatic nitrogens is 3. The second kappa shape index (κ2) is 7.24. The fraction of sp³-hybridized carbons (Fsp3) is 0.200. The molecule has 8 heteroatoms. The van der Waals surface area contributed by atoms with Crippen molar-refractivity contribution in [2.24, 2.45) is 5.73 Å². The first-order valence-electron chi connectivity index (χ1n) is 8.92. The number of benzene rings is 1. The summed E-state index contributed by atoms with van der Waals surface area (Å²) < 4.78 is 0. The van der Waals surface area contributed by atoms with Gasteiger partial charge in [0.2, 0.25) is 0 Å². The molecule has 4 rings (SSSR count). The molecule has 0 spiro atoms. The van der Waals surface area contributed by atoms with Crippen molar-refractivity contribution in [2.75, 3.05) is 6.54 Å². The second-order valence-electron chi connectivity index (χ2n) is 6.70. The molecule has 142 valence electrons. The van der Waals surface area contributed by atoms with E-state index in [1.165, 1.54) is 0 Å². The molecule has 0 fully saturated rings. The van der Waals surface area contributed by atoms with E-state index in [9.17, 15) is 9.59 Å². The average molecular weight is 377 g/mol. The molecule has 0 bridgehead atoms. The molecule has 1 aliphatic heterocycles. The fourth-order valence-electron chi connectivity index (χ4n) is 3.26. The first-order chi connectivity index (χ1) is 13.5.